The van der Waals surface area contributed by atoms with Crippen LogP contribution in [0.15, 0.2) is 54.6 Å². The smallest absolute Gasteiger partial charge is 0.414 e. The van der Waals surface area contributed by atoms with E-state index in [2.05, 4.69) is 55.6 Å². The number of carbonyl (C=O) groups is 2. The Morgan fingerprint density at radius 3 is 2.00 bits per heavy atom. The summed E-state index contributed by atoms with van der Waals surface area (Å²) >= 11 is 0. The van der Waals surface area contributed by atoms with E-state index in [0.29, 0.717) is 13.2 Å². The largest absolute Gasteiger partial charge is 0.494 e. The molecule has 0 spiro atoms. The zero-order valence-corrected chi connectivity index (χ0v) is 17.7. The number of nitrogens with one attached hydrogen (secondary N) is 1. The van der Waals surface area contributed by atoms with E-state index in [-0.39, 0.29) is 11.5 Å². The summed E-state index contributed by atoms with van der Waals surface area (Å²) in [5.74, 6) is -2.75. The standard InChI is InChI=1S/C21H29NO2.C2H2O4/c1-17(23)16-22-14-7-15-24-20-12-10-19(11-13-20)21(2,3)18-8-5-4-6-9-18;3-1(4)2(5)6/h4-6,8-13,17,22-23H,7,14-16H2,1-3H3;(H,3,4)(H,5,6). The zero-order chi connectivity index (χ0) is 22.6. The first-order valence-electron chi connectivity index (χ1n) is 9.78. The van der Waals surface area contributed by atoms with Gasteiger partial charge >= 0.3 is 11.9 Å². The molecular weight excluding hydrogens is 386 g/mol. The summed E-state index contributed by atoms with van der Waals surface area (Å²) in [6.07, 6.45) is 0.621. The minimum absolute atomic E-state index is 0.0231. The zero-order valence-electron chi connectivity index (χ0n) is 17.7. The highest BCUT2D eigenvalue weighted by molar-refractivity contribution is 6.27. The van der Waals surface area contributed by atoms with Gasteiger partial charge < -0.3 is 25.4 Å². The molecule has 1 atom stereocenters. The highest BCUT2D eigenvalue weighted by Gasteiger charge is 2.22. The van der Waals surface area contributed by atoms with Crippen LogP contribution in [0.5, 0.6) is 5.75 Å². The second-order valence-electron chi connectivity index (χ2n) is 7.38. The fourth-order valence-electron chi connectivity index (χ4n) is 2.69. The Morgan fingerprint density at radius 1 is 0.967 bits per heavy atom. The molecule has 0 aliphatic carbocycles. The first-order valence-corrected chi connectivity index (χ1v) is 9.78. The second-order valence-corrected chi connectivity index (χ2v) is 7.38. The topological polar surface area (TPSA) is 116 Å². The molecule has 7 nitrogen and oxygen atoms in total. The van der Waals surface area contributed by atoms with Crippen molar-refractivity contribution in [3.63, 3.8) is 0 Å². The maximum Gasteiger partial charge on any atom is 0.414 e. The van der Waals surface area contributed by atoms with E-state index >= 15 is 0 Å². The van der Waals surface area contributed by atoms with Crippen molar-refractivity contribution in [3.8, 4) is 5.75 Å². The molecule has 0 bridgehead atoms. The molecule has 7 heteroatoms. The summed E-state index contributed by atoms with van der Waals surface area (Å²) in [5.41, 5.74) is 2.56. The molecule has 0 saturated heterocycles. The Bertz CT molecular complexity index is 760. The van der Waals surface area contributed by atoms with Crippen molar-refractivity contribution in [2.45, 2.75) is 38.7 Å². The number of aliphatic hydroxyl groups is 1. The van der Waals surface area contributed by atoms with Gasteiger partial charge in [0.25, 0.3) is 0 Å². The van der Waals surface area contributed by atoms with E-state index in [4.69, 9.17) is 29.6 Å². The summed E-state index contributed by atoms with van der Waals surface area (Å²) < 4.78 is 5.78. The van der Waals surface area contributed by atoms with Crippen LogP contribution in [0.2, 0.25) is 0 Å². The van der Waals surface area contributed by atoms with Crippen LogP contribution in [-0.2, 0) is 15.0 Å². The van der Waals surface area contributed by atoms with Crippen LogP contribution in [-0.4, -0.2) is 53.1 Å². The molecule has 4 N–H and O–H groups in total. The number of hydrogen-bond donors (Lipinski definition) is 4. The van der Waals surface area contributed by atoms with Crippen molar-refractivity contribution in [1.82, 2.24) is 5.32 Å². The third-order valence-electron chi connectivity index (χ3n) is 4.46. The van der Waals surface area contributed by atoms with Crippen molar-refractivity contribution in [2.75, 3.05) is 19.7 Å². The maximum atomic E-state index is 9.17. The number of hydrogen-bond acceptors (Lipinski definition) is 5. The van der Waals surface area contributed by atoms with E-state index in [1.807, 2.05) is 18.2 Å². The first kappa shape index (κ1) is 25.1. The molecule has 0 heterocycles. The first-order chi connectivity index (χ1) is 14.1. The fourth-order valence-corrected chi connectivity index (χ4v) is 2.69. The summed E-state index contributed by atoms with van der Waals surface area (Å²) in [7, 11) is 0. The van der Waals surface area contributed by atoms with Gasteiger partial charge in [0.1, 0.15) is 5.75 Å². The average Bonchev–Trinajstić information content (AvgIpc) is 2.72. The van der Waals surface area contributed by atoms with Gasteiger partial charge in [-0.2, -0.15) is 0 Å². The predicted molar refractivity (Wildman–Crippen MR) is 115 cm³/mol. The van der Waals surface area contributed by atoms with E-state index < -0.39 is 11.9 Å². The molecule has 2 aromatic rings. The van der Waals surface area contributed by atoms with Crippen LogP contribution >= 0.6 is 0 Å². The van der Waals surface area contributed by atoms with Crippen molar-refractivity contribution < 1.29 is 29.6 Å². The molecule has 2 rings (SSSR count). The Balaban J connectivity index is 0.000000656. The van der Waals surface area contributed by atoms with Gasteiger partial charge in [0.15, 0.2) is 0 Å². The number of carboxylic acid groups (broad SMARTS) is 2. The van der Waals surface area contributed by atoms with Crippen LogP contribution in [0, 0.1) is 0 Å². The summed E-state index contributed by atoms with van der Waals surface area (Å²) in [6, 6.07) is 18.9. The van der Waals surface area contributed by atoms with Gasteiger partial charge in [0.05, 0.1) is 12.7 Å². The molecule has 0 fully saturated rings. The average molecular weight is 418 g/mol. The lowest BCUT2D eigenvalue weighted by atomic mass is 9.78. The molecule has 0 aromatic heterocycles. The molecular formula is C23H31NO6. The minimum Gasteiger partial charge on any atom is -0.494 e. The Hall–Kier alpha value is -2.90. The van der Waals surface area contributed by atoms with Crippen molar-refractivity contribution >= 4 is 11.9 Å². The van der Waals surface area contributed by atoms with E-state index in [9.17, 15) is 0 Å². The Labute approximate surface area is 177 Å². The summed E-state index contributed by atoms with van der Waals surface area (Å²) in [4.78, 5) is 18.2. The number of aliphatic carboxylic acids is 2. The van der Waals surface area contributed by atoms with Crippen molar-refractivity contribution in [1.29, 1.82) is 0 Å². The van der Waals surface area contributed by atoms with Crippen molar-refractivity contribution in [3.05, 3.63) is 65.7 Å². The summed E-state index contributed by atoms with van der Waals surface area (Å²) in [6.45, 7) is 8.42. The maximum absolute atomic E-state index is 9.17. The lowest BCUT2D eigenvalue weighted by molar-refractivity contribution is -0.159. The van der Waals surface area contributed by atoms with Gasteiger partial charge in [0, 0.05) is 12.0 Å². The summed E-state index contributed by atoms with van der Waals surface area (Å²) in [5, 5.41) is 27.1. The number of ether oxygens (including phenoxy) is 1. The van der Waals surface area contributed by atoms with E-state index in [1.165, 1.54) is 11.1 Å². The van der Waals surface area contributed by atoms with Crippen LogP contribution in [0.1, 0.15) is 38.3 Å². The quantitative estimate of drug-likeness (QED) is 0.366. The molecule has 1 unspecified atom stereocenters. The lowest BCUT2D eigenvalue weighted by Crippen LogP contribution is -2.26. The molecule has 30 heavy (non-hydrogen) atoms. The van der Waals surface area contributed by atoms with Gasteiger partial charge in [0.2, 0.25) is 0 Å². The number of aliphatic hydroxyl groups excluding tert-OH is 1. The second kappa shape index (κ2) is 12.6. The van der Waals surface area contributed by atoms with E-state index in [0.717, 1.165) is 18.7 Å². The van der Waals surface area contributed by atoms with Crippen LogP contribution < -0.4 is 10.1 Å². The van der Waals surface area contributed by atoms with Gasteiger partial charge in [-0.3, -0.25) is 0 Å². The van der Waals surface area contributed by atoms with Crippen LogP contribution in [0.4, 0.5) is 0 Å². The highest BCUT2D eigenvalue weighted by Crippen LogP contribution is 2.32. The van der Waals surface area contributed by atoms with Crippen LogP contribution in [0.3, 0.4) is 0 Å². The number of rotatable bonds is 9. The van der Waals surface area contributed by atoms with E-state index in [1.54, 1.807) is 6.92 Å². The Kier molecular flexibility index (Phi) is 10.6. The lowest BCUT2D eigenvalue weighted by Gasteiger charge is -2.26. The number of carboxylic acids is 2. The molecule has 2 aromatic carbocycles. The SMILES string of the molecule is CC(O)CNCCCOc1ccc(C(C)(C)c2ccccc2)cc1.O=C(O)C(=O)O. The molecule has 0 radical (unpaired) electrons. The van der Waals surface area contributed by atoms with Crippen LogP contribution in [0.25, 0.3) is 0 Å². The van der Waals surface area contributed by atoms with Gasteiger partial charge in [-0.05, 0) is 43.1 Å². The van der Waals surface area contributed by atoms with Crippen molar-refractivity contribution in [2.24, 2.45) is 0 Å². The molecule has 0 saturated carbocycles. The molecule has 0 aliphatic heterocycles. The Morgan fingerprint density at radius 2 is 1.50 bits per heavy atom. The van der Waals surface area contributed by atoms with Gasteiger partial charge in [-0.1, -0.05) is 56.3 Å². The minimum atomic E-state index is -1.82. The normalized spacial score (nSPS) is 11.7. The molecule has 0 aliphatic rings. The fraction of sp³-hybridized carbons (Fsp3) is 0.391. The molecule has 0 amide bonds. The highest BCUT2D eigenvalue weighted by atomic mass is 16.5. The third kappa shape index (κ3) is 9.07. The third-order valence-corrected chi connectivity index (χ3v) is 4.46. The van der Waals surface area contributed by atoms with Gasteiger partial charge in [-0.15, -0.1) is 0 Å². The predicted octanol–water partition coefficient (Wildman–Crippen LogP) is 2.91. The molecule has 164 valence electrons. The monoisotopic (exact) mass is 417 g/mol. The van der Waals surface area contributed by atoms with Gasteiger partial charge in [-0.25, -0.2) is 9.59 Å². The number of benzene rings is 2.